The molecule has 1 saturated carbocycles. The summed E-state index contributed by atoms with van der Waals surface area (Å²) in [5.74, 6) is -1.13. The third-order valence-corrected chi connectivity index (χ3v) is 4.75. The van der Waals surface area contributed by atoms with E-state index in [4.69, 9.17) is 0 Å². The average Bonchev–Trinajstić information content (AvgIpc) is 2.82. The minimum Gasteiger partial charge on any atom is -0.298 e. The summed E-state index contributed by atoms with van der Waals surface area (Å²) < 4.78 is 0. The van der Waals surface area contributed by atoms with Crippen molar-refractivity contribution in [1.82, 2.24) is 4.98 Å². The number of allylic oxidation sites excluding steroid dienone is 1. The van der Waals surface area contributed by atoms with Crippen LogP contribution in [0.2, 0.25) is 0 Å². The molecule has 1 aliphatic carbocycles. The van der Waals surface area contributed by atoms with Gasteiger partial charge in [0.2, 0.25) is 0 Å². The van der Waals surface area contributed by atoms with Crippen LogP contribution in [0, 0.1) is 20.8 Å². The minimum atomic E-state index is -0.738. The Balaban J connectivity index is 2.00. The van der Waals surface area contributed by atoms with Crippen molar-refractivity contribution in [3.63, 3.8) is 0 Å². The molecule has 0 amide bonds. The van der Waals surface area contributed by atoms with Crippen LogP contribution in [0.5, 0.6) is 0 Å². The van der Waals surface area contributed by atoms with Gasteiger partial charge in [-0.05, 0) is 55.7 Å². The highest BCUT2D eigenvalue weighted by Gasteiger charge is 2.39. The second-order valence-electron chi connectivity index (χ2n) is 6.93. The van der Waals surface area contributed by atoms with E-state index >= 15 is 0 Å². The molecular formula is C22H21NO3. The van der Waals surface area contributed by atoms with Crippen LogP contribution in [-0.4, -0.2) is 22.3 Å². The molecule has 0 aliphatic heterocycles. The third kappa shape index (κ3) is 3.27. The van der Waals surface area contributed by atoms with Crippen molar-refractivity contribution in [2.24, 2.45) is 0 Å². The number of pyridine rings is 1. The summed E-state index contributed by atoms with van der Waals surface area (Å²) in [6.07, 6.45) is 1.73. The van der Waals surface area contributed by atoms with E-state index in [1.165, 1.54) is 6.92 Å². The van der Waals surface area contributed by atoms with Crippen LogP contribution >= 0.6 is 0 Å². The van der Waals surface area contributed by atoms with Crippen molar-refractivity contribution in [3.8, 4) is 0 Å². The maximum atomic E-state index is 12.9. The number of carbonyl (C=O) groups is 3. The molecule has 0 spiro atoms. The molecule has 1 atom stereocenters. The smallest absolute Gasteiger partial charge is 0.178 e. The number of benzene rings is 1. The zero-order valence-electron chi connectivity index (χ0n) is 15.4. The Morgan fingerprint density at radius 1 is 1.12 bits per heavy atom. The largest absolute Gasteiger partial charge is 0.298 e. The normalized spacial score (nSPS) is 18.6. The summed E-state index contributed by atoms with van der Waals surface area (Å²) in [5.41, 5.74) is 5.18. The van der Waals surface area contributed by atoms with Crippen LogP contribution in [0.1, 0.15) is 57.7 Å². The van der Waals surface area contributed by atoms with Crippen LogP contribution < -0.4 is 0 Å². The van der Waals surface area contributed by atoms with Gasteiger partial charge in [0.1, 0.15) is 11.6 Å². The molecule has 0 bridgehead atoms. The number of nitrogens with zero attached hydrogens (tertiary/aromatic N) is 1. The summed E-state index contributed by atoms with van der Waals surface area (Å²) in [7, 11) is 0. The number of aryl methyl sites for hydroxylation is 3. The zero-order chi connectivity index (χ0) is 19.0. The van der Waals surface area contributed by atoms with Gasteiger partial charge >= 0.3 is 0 Å². The number of ketones is 3. The Hall–Kier alpha value is -2.88. The topological polar surface area (TPSA) is 64.1 Å². The van der Waals surface area contributed by atoms with E-state index in [1.54, 1.807) is 24.3 Å². The molecule has 1 fully saturated rings. The van der Waals surface area contributed by atoms with Gasteiger partial charge in [0.15, 0.2) is 17.3 Å². The van der Waals surface area contributed by atoms with Gasteiger partial charge in [-0.15, -0.1) is 0 Å². The summed E-state index contributed by atoms with van der Waals surface area (Å²) in [5, 5.41) is 0. The molecule has 1 unspecified atom stereocenters. The maximum absolute atomic E-state index is 12.9. The molecule has 3 rings (SSSR count). The molecule has 2 aromatic rings. The first-order valence-corrected chi connectivity index (χ1v) is 8.61. The molecule has 26 heavy (non-hydrogen) atoms. The van der Waals surface area contributed by atoms with Gasteiger partial charge in [0.25, 0.3) is 0 Å². The van der Waals surface area contributed by atoms with Crippen molar-refractivity contribution in [2.75, 3.05) is 0 Å². The lowest BCUT2D eigenvalue weighted by molar-refractivity contribution is -0.123. The van der Waals surface area contributed by atoms with Gasteiger partial charge in [-0.1, -0.05) is 23.8 Å². The van der Waals surface area contributed by atoms with Gasteiger partial charge in [0, 0.05) is 18.9 Å². The number of aromatic nitrogens is 1. The fourth-order valence-electron chi connectivity index (χ4n) is 3.68. The van der Waals surface area contributed by atoms with E-state index in [0.717, 1.165) is 22.3 Å². The van der Waals surface area contributed by atoms with Crippen LogP contribution in [0.25, 0.3) is 6.08 Å². The van der Waals surface area contributed by atoms with Crippen molar-refractivity contribution in [2.45, 2.75) is 40.0 Å². The average molecular weight is 347 g/mol. The van der Waals surface area contributed by atoms with Crippen LogP contribution in [0.3, 0.4) is 0 Å². The lowest BCUT2D eigenvalue weighted by atomic mass is 9.87. The van der Waals surface area contributed by atoms with Crippen LogP contribution in [-0.2, 0) is 9.59 Å². The lowest BCUT2D eigenvalue weighted by Gasteiger charge is -2.15. The Labute approximate surface area is 153 Å². The predicted molar refractivity (Wildman–Crippen MR) is 100 cm³/mol. The summed E-state index contributed by atoms with van der Waals surface area (Å²) in [6, 6.07) is 9.09. The molecule has 4 nitrogen and oxygen atoms in total. The van der Waals surface area contributed by atoms with E-state index in [9.17, 15) is 14.4 Å². The van der Waals surface area contributed by atoms with Gasteiger partial charge in [-0.2, -0.15) is 0 Å². The van der Waals surface area contributed by atoms with E-state index in [0.29, 0.717) is 17.0 Å². The van der Waals surface area contributed by atoms with Crippen molar-refractivity contribution >= 4 is 23.4 Å². The van der Waals surface area contributed by atoms with E-state index < -0.39 is 5.92 Å². The first-order chi connectivity index (χ1) is 12.3. The van der Waals surface area contributed by atoms with Gasteiger partial charge in [0.05, 0.1) is 5.69 Å². The van der Waals surface area contributed by atoms with Crippen molar-refractivity contribution < 1.29 is 14.4 Å². The Morgan fingerprint density at radius 2 is 1.77 bits per heavy atom. The maximum Gasteiger partial charge on any atom is 0.178 e. The Bertz CT molecular complexity index is 946. The van der Waals surface area contributed by atoms with Crippen LogP contribution in [0.4, 0.5) is 0 Å². The molecule has 1 heterocycles. The molecule has 1 aromatic carbocycles. The second-order valence-corrected chi connectivity index (χ2v) is 6.93. The molecule has 1 aromatic heterocycles. The molecule has 1 aliphatic rings. The standard InChI is InChI=1S/C22H21NO3/c1-12-8-13(2)20(14(3)9-12)21-19(25)11-16(22(21)26)10-17-6-5-7-18(23-17)15(4)24/h5-10,21H,11H2,1-4H3. The fraction of sp³-hybridized carbons (Fsp3) is 0.273. The molecular weight excluding hydrogens is 326 g/mol. The zero-order valence-corrected chi connectivity index (χ0v) is 15.4. The summed E-state index contributed by atoms with van der Waals surface area (Å²) in [6.45, 7) is 7.33. The molecule has 132 valence electrons. The highest BCUT2D eigenvalue weighted by Crippen LogP contribution is 2.36. The lowest BCUT2D eigenvalue weighted by Crippen LogP contribution is -2.15. The quantitative estimate of drug-likeness (QED) is 0.480. The number of rotatable bonds is 3. The number of hydrogen-bond donors (Lipinski definition) is 0. The molecule has 0 radical (unpaired) electrons. The number of Topliss-reactive ketones (excluding diaryl/α,β-unsaturated/α-hetero) is 3. The first-order valence-electron chi connectivity index (χ1n) is 8.61. The fourth-order valence-corrected chi connectivity index (χ4v) is 3.68. The predicted octanol–water partition coefficient (Wildman–Crippen LogP) is 3.92. The first kappa shape index (κ1) is 17.9. The van der Waals surface area contributed by atoms with Crippen LogP contribution in [0.15, 0.2) is 35.9 Å². The van der Waals surface area contributed by atoms with Crippen molar-refractivity contribution in [3.05, 3.63) is 69.5 Å². The van der Waals surface area contributed by atoms with Gasteiger partial charge < -0.3 is 0 Å². The monoisotopic (exact) mass is 347 g/mol. The van der Waals surface area contributed by atoms with Gasteiger partial charge in [-0.25, -0.2) is 4.98 Å². The summed E-state index contributed by atoms with van der Waals surface area (Å²) in [4.78, 5) is 41.3. The highest BCUT2D eigenvalue weighted by atomic mass is 16.2. The Morgan fingerprint density at radius 3 is 2.38 bits per heavy atom. The van der Waals surface area contributed by atoms with Crippen molar-refractivity contribution in [1.29, 1.82) is 0 Å². The SMILES string of the molecule is CC(=O)c1cccc(C=C2CC(=O)C(c3c(C)cc(C)cc3C)C2=O)n1. The summed E-state index contributed by atoms with van der Waals surface area (Å²) >= 11 is 0. The van der Waals surface area contributed by atoms with E-state index in [-0.39, 0.29) is 23.8 Å². The Kier molecular flexibility index (Phi) is 4.68. The number of hydrogen-bond acceptors (Lipinski definition) is 4. The second kappa shape index (κ2) is 6.79. The van der Waals surface area contributed by atoms with E-state index in [2.05, 4.69) is 4.98 Å². The molecule has 0 saturated heterocycles. The van der Waals surface area contributed by atoms with Gasteiger partial charge in [-0.3, -0.25) is 14.4 Å². The van der Waals surface area contributed by atoms with E-state index in [1.807, 2.05) is 32.9 Å². The highest BCUT2D eigenvalue weighted by molar-refractivity contribution is 6.24. The third-order valence-electron chi connectivity index (χ3n) is 4.75. The molecule has 4 heteroatoms. The molecule has 0 N–H and O–H groups in total. The number of carbonyl (C=O) groups excluding carboxylic acids is 3. The minimum absolute atomic E-state index is 0.0842.